The van der Waals surface area contributed by atoms with Crippen molar-refractivity contribution in [3.8, 4) is 0 Å². The number of allylic oxidation sites excluding steroid dienone is 1. The Hall–Kier alpha value is -0.300. The second kappa shape index (κ2) is 5.36. The highest BCUT2D eigenvalue weighted by Crippen LogP contribution is 2.47. The molecule has 1 N–H and O–H groups in total. The van der Waals surface area contributed by atoms with Gasteiger partial charge in [-0.1, -0.05) is 45.8 Å². The van der Waals surface area contributed by atoms with E-state index in [1.165, 1.54) is 32.1 Å². The Morgan fingerprint density at radius 1 is 1.22 bits per heavy atom. The molecule has 0 heterocycles. The van der Waals surface area contributed by atoms with E-state index in [1.807, 2.05) is 0 Å². The molecule has 0 aromatic heterocycles. The summed E-state index contributed by atoms with van der Waals surface area (Å²) in [4.78, 5) is 0. The maximum Gasteiger partial charge on any atom is 0.0628 e. The second-order valence-electron chi connectivity index (χ2n) is 7.63. The molecule has 1 heteroatoms. The molecule has 0 amide bonds. The third-order valence-electron chi connectivity index (χ3n) is 4.99. The van der Waals surface area contributed by atoms with E-state index in [0.29, 0.717) is 5.92 Å². The minimum Gasteiger partial charge on any atom is -0.392 e. The molecule has 0 saturated heterocycles. The van der Waals surface area contributed by atoms with Gasteiger partial charge in [-0.05, 0) is 49.9 Å². The molecule has 2 fully saturated rings. The lowest BCUT2D eigenvalue weighted by molar-refractivity contribution is 0.0619. The van der Waals surface area contributed by atoms with Gasteiger partial charge in [0, 0.05) is 5.41 Å². The number of rotatable bonds is 4. The average molecular weight is 250 g/mol. The molecule has 0 aromatic carbocycles. The SMILES string of the molecule is CC(C)CC(O)C(C)(C)C=C1C[C@H]2CCC[C@@H]2C1. The highest BCUT2D eigenvalue weighted by Gasteiger charge is 2.36. The molecule has 3 atom stereocenters. The van der Waals surface area contributed by atoms with Crippen LogP contribution in [0.1, 0.15) is 66.2 Å². The lowest BCUT2D eigenvalue weighted by atomic mass is 9.80. The summed E-state index contributed by atoms with van der Waals surface area (Å²) < 4.78 is 0. The van der Waals surface area contributed by atoms with Crippen molar-refractivity contribution < 1.29 is 5.11 Å². The first-order valence-electron chi connectivity index (χ1n) is 7.77. The Kier molecular flexibility index (Phi) is 4.21. The molecule has 0 bridgehead atoms. The predicted molar refractivity (Wildman–Crippen MR) is 77.4 cm³/mol. The van der Waals surface area contributed by atoms with E-state index in [0.717, 1.165) is 18.3 Å². The molecule has 2 rings (SSSR count). The molecular formula is C17H30O. The summed E-state index contributed by atoms with van der Waals surface area (Å²) in [5.74, 6) is 2.50. The Balaban J connectivity index is 1.98. The third kappa shape index (κ3) is 3.17. The van der Waals surface area contributed by atoms with Crippen LogP contribution in [-0.2, 0) is 0 Å². The van der Waals surface area contributed by atoms with Crippen molar-refractivity contribution in [2.24, 2.45) is 23.2 Å². The molecule has 0 radical (unpaired) electrons. The van der Waals surface area contributed by atoms with Gasteiger partial charge in [0.15, 0.2) is 0 Å². The van der Waals surface area contributed by atoms with Crippen LogP contribution >= 0.6 is 0 Å². The van der Waals surface area contributed by atoms with E-state index in [1.54, 1.807) is 5.57 Å². The van der Waals surface area contributed by atoms with Gasteiger partial charge in [0.2, 0.25) is 0 Å². The van der Waals surface area contributed by atoms with Crippen LogP contribution in [0.4, 0.5) is 0 Å². The number of aliphatic hydroxyl groups excluding tert-OH is 1. The second-order valence-corrected chi connectivity index (χ2v) is 7.63. The minimum absolute atomic E-state index is 0.0573. The van der Waals surface area contributed by atoms with Crippen molar-refractivity contribution >= 4 is 0 Å². The molecule has 2 aliphatic carbocycles. The standard InChI is InChI=1S/C17H30O/c1-12(2)8-16(18)17(3,4)11-13-9-14-6-5-7-15(14)10-13/h11-12,14-16,18H,5-10H2,1-4H3/t14-,15-,16?/m1/s1. The Morgan fingerprint density at radius 2 is 1.78 bits per heavy atom. The van der Waals surface area contributed by atoms with Gasteiger partial charge < -0.3 is 5.11 Å². The van der Waals surface area contributed by atoms with Crippen molar-refractivity contribution in [2.75, 3.05) is 0 Å². The van der Waals surface area contributed by atoms with Crippen LogP contribution in [0, 0.1) is 23.2 Å². The van der Waals surface area contributed by atoms with Gasteiger partial charge in [-0.25, -0.2) is 0 Å². The molecule has 0 aromatic rings. The van der Waals surface area contributed by atoms with Gasteiger partial charge in [-0.3, -0.25) is 0 Å². The van der Waals surface area contributed by atoms with Gasteiger partial charge >= 0.3 is 0 Å². The van der Waals surface area contributed by atoms with E-state index >= 15 is 0 Å². The molecular weight excluding hydrogens is 220 g/mol. The van der Waals surface area contributed by atoms with Crippen LogP contribution in [0.5, 0.6) is 0 Å². The molecule has 2 aliphatic rings. The first-order valence-corrected chi connectivity index (χ1v) is 7.77. The fourth-order valence-corrected chi connectivity index (χ4v) is 3.90. The van der Waals surface area contributed by atoms with E-state index in [9.17, 15) is 5.11 Å². The molecule has 1 nitrogen and oxygen atoms in total. The zero-order valence-corrected chi connectivity index (χ0v) is 12.6. The lowest BCUT2D eigenvalue weighted by Gasteiger charge is -2.29. The van der Waals surface area contributed by atoms with Crippen LogP contribution in [0.3, 0.4) is 0 Å². The van der Waals surface area contributed by atoms with Gasteiger partial charge in [0.25, 0.3) is 0 Å². The molecule has 0 aliphatic heterocycles. The highest BCUT2D eigenvalue weighted by molar-refractivity contribution is 5.16. The fourth-order valence-electron chi connectivity index (χ4n) is 3.90. The molecule has 104 valence electrons. The smallest absolute Gasteiger partial charge is 0.0628 e. The predicted octanol–water partition coefficient (Wildman–Crippen LogP) is 4.56. The van der Waals surface area contributed by atoms with Crippen LogP contribution < -0.4 is 0 Å². The number of hydrogen-bond donors (Lipinski definition) is 1. The summed E-state index contributed by atoms with van der Waals surface area (Å²) in [5, 5.41) is 10.4. The van der Waals surface area contributed by atoms with Gasteiger partial charge in [0.05, 0.1) is 6.10 Å². The molecule has 1 unspecified atom stereocenters. The van der Waals surface area contributed by atoms with Crippen LogP contribution in [0.2, 0.25) is 0 Å². The van der Waals surface area contributed by atoms with Crippen molar-refractivity contribution in [3.05, 3.63) is 11.6 Å². The summed E-state index contributed by atoms with van der Waals surface area (Å²) >= 11 is 0. The number of aliphatic hydroxyl groups is 1. The topological polar surface area (TPSA) is 20.2 Å². The van der Waals surface area contributed by atoms with Crippen LogP contribution in [-0.4, -0.2) is 11.2 Å². The average Bonchev–Trinajstić information content (AvgIpc) is 2.75. The number of fused-ring (bicyclic) bond motifs is 1. The van der Waals surface area contributed by atoms with E-state index in [4.69, 9.17) is 0 Å². The minimum atomic E-state index is -0.203. The largest absolute Gasteiger partial charge is 0.392 e. The molecule has 18 heavy (non-hydrogen) atoms. The van der Waals surface area contributed by atoms with Crippen molar-refractivity contribution in [2.45, 2.75) is 72.3 Å². The maximum atomic E-state index is 10.4. The Bertz CT molecular complexity index is 300. The lowest BCUT2D eigenvalue weighted by Crippen LogP contribution is -2.29. The van der Waals surface area contributed by atoms with E-state index < -0.39 is 0 Å². The van der Waals surface area contributed by atoms with Crippen molar-refractivity contribution in [3.63, 3.8) is 0 Å². The van der Waals surface area contributed by atoms with Crippen molar-refractivity contribution in [1.82, 2.24) is 0 Å². The zero-order chi connectivity index (χ0) is 13.3. The Morgan fingerprint density at radius 3 is 2.28 bits per heavy atom. The van der Waals surface area contributed by atoms with Crippen LogP contribution in [0.25, 0.3) is 0 Å². The summed E-state index contributed by atoms with van der Waals surface area (Å²) in [6.45, 7) is 8.76. The van der Waals surface area contributed by atoms with Crippen molar-refractivity contribution in [1.29, 1.82) is 0 Å². The third-order valence-corrected chi connectivity index (χ3v) is 4.99. The summed E-state index contributed by atoms with van der Waals surface area (Å²) in [5.41, 5.74) is 1.57. The van der Waals surface area contributed by atoms with Gasteiger partial charge in [-0.2, -0.15) is 0 Å². The normalized spacial score (nSPS) is 29.8. The van der Waals surface area contributed by atoms with E-state index in [2.05, 4.69) is 33.8 Å². The highest BCUT2D eigenvalue weighted by atomic mass is 16.3. The molecule has 0 spiro atoms. The van der Waals surface area contributed by atoms with E-state index in [-0.39, 0.29) is 11.5 Å². The monoisotopic (exact) mass is 250 g/mol. The number of hydrogen-bond acceptors (Lipinski definition) is 1. The summed E-state index contributed by atoms with van der Waals surface area (Å²) in [7, 11) is 0. The van der Waals surface area contributed by atoms with Crippen LogP contribution in [0.15, 0.2) is 11.6 Å². The summed E-state index contributed by atoms with van der Waals surface area (Å²) in [6.07, 6.45) is 10.0. The summed E-state index contributed by atoms with van der Waals surface area (Å²) in [6, 6.07) is 0. The first kappa shape index (κ1) is 14.1. The quantitative estimate of drug-likeness (QED) is 0.725. The van der Waals surface area contributed by atoms with Gasteiger partial charge in [0.1, 0.15) is 0 Å². The van der Waals surface area contributed by atoms with Gasteiger partial charge in [-0.15, -0.1) is 0 Å². The fraction of sp³-hybridized carbons (Fsp3) is 0.882. The first-order chi connectivity index (χ1) is 8.38. The maximum absolute atomic E-state index is 10.4. The zero-order valence-electron chi connectivity index (χ0n) is 12.6. The molecule has 2 saturated carbocycles. The Labute approximate surface area is 113 Å².